The van der Waals surface area contributed by atoms with Gasteiger partial charge in [0.25, 0.3) is 0 Å². The van der Waals surface area contributed by atoms with Crippen LogP contribution in [0.15, 0.2) is 65.6 Å². The number of benzene rings is 2. The van der Waals surface area contributed by atoms with Crippen LogP contribution in [-0.4, -0.2) is 4.75 Å². The van der Waals surface area contributed by atoms with E-state index in [2.05, 4.69) is 96.1 Å². The van der Waals surface area contributed by atoms with Gasteiger partial charge in [0.1, 0.15) is 0 Å². The van der Waals surface area contributed by atoms with E-state index < -0.39 is 0 Å². The molecule has 2 aromatic rings. The summed E-state index contributed by atoms with van der Waals surface area (Å²) in [6, 6.07) is 21.1. The monoisotopic (exact) mass is 376 g/mol. The quantitative estimate of drug-likeness (QED) is 0.447. The summed E-state index contributed by atoms with van der Waals surface area (Å²) < 4.78 is 0.321. The van der Waals surface area contributed by atoms with Crippen molar-refractivity contribution < 1.29 is 0 Å². The lowest BCUT2D eigenvalue weighted by Gasteiger charge is -2.18. The zero-order valence-corrected chi connectivity index (χ0v) is 19.0. The highest BCUT2D eigenvalue weighted by molar-refractivity contribution is 8.00. The van der Waals surface area contributed by atoms with Crippen LogP contribution in [0.5, 0.6) is 0 Å². The lowest BCUT2D eigenvalue weighted by atomic mass is 9.87. The number of rotatable bonds is 1. The molecular formula is C25H44S. The molecule has 0 radical (unpaired) electrons. The summed E-state index contributed by atoms with van der Waals surface area (Å²) in [5, 5.41) is 0. The first-order chi connectivity index (χ1) is 11.7. The van der Waals surface area contributed by atoms with Gasteiger partial charge in [-0.1, -0.05) is 125 Å². The van der Waals surface area contributed by atoms with E-state index in [0.717, 1.165) is 0 Å². The smallest absolute Gasteiger partial charge is 0.0122 e. The summed E-state index contributed by atoms with van der Waals surface area (Å²) >= 11 is 1.90. The van der Waals surface area contributed by atoms with Gasteiger partial charge in [-0.3, -0.25) is 0 Å². The molecule has 2 rings (SSSR count). The molecule has 150 valence electrons. The van der Waals surface area contributed by atoms with Gasteiger partial charge < -0.3 is 0 Å². The van der Waals surface area contributed by atoms with Gasteiger partial charge in [0.15, 0.2) is 0 Å². The molecule has 0 aromatic heterocycles. The maximum atomic E-state index is 2.23. The molecule has 0 saturated carbocycles. The van der Waals surface area contributed by atoms with Gasteiger partial charge in [0.2, 0.25) is 0 Å². The zero-order chi connectivity index (χ0) is 19.9. The van der Waals surface area contributed by atoms with Crippen molar-refractivity contribution in [1.82, 2.24) is 0 Å². The molecule has 0 nitrogen and oxygen atoms in total. The van der Waals surface area contributed by atoms with Crippen LogP contribution in [0.4, 0.5) is 0 Å². The maximum Gasteiger partial charge on any atom is 0.0122 e. The van der Waals surface area contributed by atoms with Crippen molar-refractivity contribution in [1.29, 1.82) is 0 Å². The Bertz CT molecular complexity index is 501. The third kappa shape index (κ3) is 16.3. The van der Waals surface area contributed by atoms with Crippen molar-refractivity contribution in [2.75, 3.05) is 0 Å². The summed E-state index contributed by atoms with van der Waals surface area (Å²) in [5.41, 5.74) is 1.69. The van der Waals surface area contributed by atoms with E-state index >= 15 is 0 Å². The molecule has 0 spiro atoms. The lowest BCUT2D eigenvalue weighted by molar-refractivity contribution is 0.590. The summed E-state index contributed by atoms with van der Waals surface area (Å²) in [5.74, 6) is 0. The minimum atomic E-state index is 0. The van der Waals surface area contributed by atoms with Crippen LogP contribution in [0.1, 0.15) is 82.2 Å². The van der Waals surface area contributed by atoms with Gasteiger partial charge in [-0.05, 0) is 23.1 Å². The molecule has 0 bridgehead atoms. The molecule has 2 aromatic carbocycles. The number of hydrogen-bond acceptors (Lipinski definition) is 1. The summed E-state index contributed by atoms with van der Waals surface area (Å²) in [7, 11) is 0. The highest BCUT2D eigenvalue weighted by Crippen LogP contribution is 2.31. The minimum Gasteiger partial charge on any atom is -0.120 e. The fourth-order valence-corrected chi connectivity index (χ4v) is 2.78. The molecule has 0 unspecified atom stereocenters. The zero-order valence-electron chi connectivity index (χ0n) is 18.2. The van der Waals surface area contributed by atoms with Crippen LogP contribution in [0.2, 0.25) is 0 Å². The first-order valence-electron chi connectivity index (χ1n) is 9.48. The molecule has 0 heterocycles. The van der Waals surface area contributed by atoms with Crippen molar-refractivity contribution in [3.05, 3.63) is 66.2 Å². The molecule has 0 N–H and O–H groups in total. The van der Waals surface area contributed by atoms with E-state index in [1.807, 2.05) is 45.5 Å². The summed E-state index contributed by atoms with van der Waals surface area (Å²) in [4.78, 5) is 1.35. The number of hydrogen-bond donors (Lipinski definition) is 0. The second kappa shape index (κ2) is 16.0. The van der Waals surface area contributed by atoms with Crippen molar-refractivity contribution >= 4 is 11.8 Å². The second-order valence-corrected chi connectivity index (χ2v) is 9.04. The molecular weight excluding hydrogens is 332 g/mol. The predicted molar refractivity (Wildman–Crippen MR) is 127 cm³/mol. The normalized spacial score (nSPS) is 9.77. The van der Waals surface area contributed by atoms with Gasteiger partial charge in [-0.15, -0.1) is 11.8 Å². The van der Waals surface area contributed by atoms with E-state index in [9.17, 15) is 0 Å². The van der Waals surface area contributed by atoms with E-state index in [-0.39, 0.29) is 7.43 Å². The van der Waals surface area contributed by atoms with Crippen molar-refractivity contribution in [3.8, 4) is 0 Å². The first-order valence-corrected chi connectivity index (χ1v) is 10.3. The molecule has 0 fully saturated rings. The fourth-order valence-electron chi connectivity index (χ4n) is 1.78. The molecule has 0 aliphatic heterocycles. The van der Waals surface area contributed by atoms with E-state index in [1.165, 1.54) is 10.5 Å². The standard InChI is InChI=1S/C10H14S.C10H14.2C2H6.CH4/c1-10(2,3)11-9-7-5-4-6-8-9;1-10(2,3)9-7-5-4-6-8-9;2*1-2;/h4-8H,1-3H3;4-8H,1-3H3;2*1-2H3;1H4. The van der Waals surface area contributed by atoms with Gasteiger partial charge in [-0.2, -0.15) is 0 Å². The predicted octanol–water partition coefficient (Wildman–Crippen LogP) is 9.25. The Morgan fingerprint density at radius 1 is 0.577 bits per heavy atom. The molecule has 0 aliphatic rings. The third-order valence-corrected chi connectivity index (χ3v) is 3.93. The van der Waals surface area contributed by atoms with E-state index in [4.69, 9.17) is 0 Å². The molecule has 1 heteroatoms. The Kier molecular flexibility index (Phi) is 18.2. The van der Waals surface area contributed by atoms with Gasteiger partial charge in [0, 0.05) is 9.64 Å². The van der Waals surface area contributed by atoms with Crippen LogP contribution in [-0.2, 0) is 5.41 Å². The van der Waals surface area contributed by atoms with Gasteiger partial charge in [0.05, 0.1) is 0 Å². The average Bonchev–Trinajstić information content (AvgIpc) is 2.59. The largest absolute Gasteiger partial charge is 0.120 e. The van der Waals surface area contributed by atoms with Crippen LogP contribution < -0.4 is 0 Å². The van der Waals surface area contributed by atoms with Crippen LogP contribution >= 0.6 is 11.8 Å². The second-order valence-electron chi connectivity index (χ2n) is 7.14. The highest BCUT2D eigenvalue weighted by Gasteiger charge is 2.11. The van der Waals surface area contributed by atoms with E-state index in [1.54, 1.807) is 0 Å². The Morgan fingerprint density at radius 3 is 1.19 bits per heavy atom. The fraction of sp³-hybridized carbons (Fsp3) is 0.520. The molecule has 0 saturated heterocycles. The maximum absolute atomic E-state index is 2.23. The molecule has 0 aliphatic carbocycles. The van der Waals surface area contributed by atoms with Crippen LogP contribution in [0, 0.1) is 0 Å². The lowest BCUT2D eigenvalue weighted by Crippen LogP contribution is -2.10. The van der Waals surface area contributed by atoms with E-state index in [0.29, 0.717) is 10.2 Å². The molecule has 26 heavy (non-hydrogen) atoms. The SMILES string of the molecule is C.CC.CC.CC(C)(C)Sc1ccccc1.CC(C)(C)c1ccccc1. The Labute approximate surface area is 169 Å². The van der Waals surface area contributed by atoms with Crippen molar-refractivity contribution in [2.45, 2.75) is 91.7 Å². The molecule has 0 atom stereocenters. The Morgan fingerprint density at radius 2 is 0.923 bits per heavy atom. The van der Waals surface area contributed by atoms with Crippen LogP contribution in [0.3, 0.4) is 0 Å². The van der Waals surface area contributed by atoms with Gasteiger partial charge >= 0.3 is 0 Å². The summed E-state index contributed by atoms with van der Waals surface area (Å²) in [6.07, 6.45) is 0. The average molecular weight is 377 g/mol. The minimum absolute atomic E-state index is 0. The first kappa shape index (κ1) is 29.5. The topological polar surface area (TPSA) is 0 Å². The number of thioether (sulfide) groups is 1. The van der Waals surface area contributed by atoms with Crippen molar-refractivity contribution in [2.24, 2.45) is 0 Å². The van der Waals surface area contributed by atoms with Gasteiger partial charge in [-0.25, -0.2) is 0 Å². The highest BCUT2D eigenvalue weighted by atomic mass is 32.2. The Balaban J connectivity index is -0.000000332. The third-order valence-electron chi connectivity index (χ3n) is 2.81. The van der Waals surface area contributed by atoms with Crippen molar-refractivity contribution in [3.63, 3.8) is 0 Å². The van der Waals surface area contributed by atoms with Crippen LogP contribution in [0.25, 0.3) is 0 Å². The summed E-state index contributed by atoms with van der Waals surface area (Å²) in [6.45, 7) is 21.4. The molecule has 0 amide bonds. The Hall–Kier alpha value is -1.21.